The standard InChI is InChI=1S/C30H38N6O3/c1-30(2,3)19-11-18(16-35(5)6)27(38-8)22(14-19)33-28(37)23-15-21-20-12-17(20)13-24(26(21)36(23)7)39-25-9-10-32-29(31-4)34-25/h9-11,13-15,17,20H,12,16H2,1-8H3,(H,33,37)(H,31,32,34). The summed E-state index contributed by atoms with van der Waals surface area (Å²) >= 11 is 0. The van der Waals surface area contributed by atoms with Crippen LogP contribution in [-0.4, -0.2) is 53.6 Å². The fourth-order valence-corrected chi connectivity index (χ4v) is 5.28. The van der Waals surface area contributed by atoms with Crippen LogP contribution >= 0.6 is 0 Å². The van der Waals surface area contributed by atoms with Crippen LogP contribution < -0.4 is 20.1 Å². The number of carbonyl (C=O) groups excluding carboxylic acids is 1. The van der Waals surface area contributed by atoms with Crippen LogP contribution in [0.4, 0.5) is 11.6 Å². The second kappa shape index (κ2) is 10.0. The summed E-state index contributed by atoms with van der Waals surface area (Å²) < 4.78 is 14.0. The molecule has 3 aromatic rings. The van der Waals surface area contributed by atoms with Crippen LogP contribution in [0, 0.1) is 5.92 Å². The number of allylic oxidation sites excluding steroid dienone is 1. The molecular formula is C30H38N6O3. The van der Waals surface area contributed by atoms with Crippen LogP contribution in [0.5, 0.6) is 11.6 Å². The average Bonchev–Trinajstić information content (AvgIpc) is 3.56. The zero-order valence-corrected chi connectivity index (χ0v) is 24.0. The quantitative estimate of drug-likeness (QED) is 0.423. The number of methoxy groups -OCH3 is 1. The summed E-state index contributed by atoms with van der Waals surface area (Å²) in [5, 5.41) is 6.11. The van der Waals surface area contributed by atoms with Crippen LogP contribution in [0.15, 0.2) is 36.5 Å². The summed E-state index contributed by atoms with van der Waals surface area (Å²) in [5.41, 5.74) is 5.35. The highest BCUT2D eigenvalue weighted by Gasteiger charge is 2.45. The third-order valence-electron chi connectivity index (χ3n) is 7.37. The van der Waals surface area contributed by atoms with Gasteiger partial charge in [0.05, 0.1) is 18.5 Å². The maximum absolute atomic E-state index is 13.8. The first-order valence-electron chi connectivity index (χ1n) is 13.3. The lowest BCUT2D eigenvalue weighted by molar-refractivity contribution is 0.101. The van der Waals surface area contributed by atoms with Crippen LogP contribution in [0.25, 0.3) is 5.76 Å². The Hall–Kier alpha value is -3.85. The summed E-state index contributed by atoms with van der Waals surface area (Å²) in [7, 11) is 9.37. The molecule has 2 unspecified atom stereocenters. The maximum atomic E-state index is 13.8. The molecule has 1 amide bonds. The Balaban J connectivity index is 1.49. The van der Waals surface area contributed by atoms with Crippen molar-refractivity contribution in [2.45, 2.75) is 45.1 Å². The molecule has 2 atom stereocenters. The number of ether oxygens (including phenoxy) is 2. The Morgan fingerprint density at radius 3 is 2.67 bits per heavy atom. The van der Waals surface area contributed by atoms with E-state index in [4.69, 9.17) is 9.47 Å². The van der Waals surface area contributed by atoms with E-state index in [1.165, 1.54) is 0 Å². The highest BCUT2D eigenvalue weighted by atomic mass is 16.5. The van der Waals surface area contributed by atoms with Crippen molar-refractivity contribution in [1.29, 1.82) is 0 Å². The Kier molecular flexibility index (Phi) is 6.88. The van der Waals surface area contributed by atoms with Gasteiger partial charge in [0.15, 0.2) is 0 Å². The molecule has 2 aromatic heterocycles. The number of hydrogen-bond donors (Lipinski definition) is 2. The molecule has 0 saturated heterocycles. The Morgan fingerprint density at radius 1 is 1.23 bits per heavy atom. The van der Waals surface area contributed by atoms with Gasteiger partial charge in [0.1, 0.15) is 17.2 Å². The first-order chi connectivity index (χ1) is 18.5. The van der Waals surface area contributed by atoms with Gasteiger partial charge in [-0.2, -0.15) is 4.98 Å². The van der Waals surface area contributed by atoms with Gasteiger partial charge >= 0.3 is 0 Å². The van der Waals surface area contributed by atoms with Crippen molar-refractivity contribution in [2.24, 2.45) is 13.0 Å². The van der Waals surface area contributed by atoms with Gasteiger partial charge in [-0.3, -0.25) is 4.79 Å². The van der Waals surface area contributed by atoms with E-state index < -0.39 is 0 Å². The number of rotatable bonds is 8. The number of nitrogens with one attached hydrogen (secondary N) is 2. The van der Waals surface area contributed by atoms with Crippen LogP contribution in [-0.2, 0) is 19.0 Å². The molecule has 0 spiro atoms. The Labute approximate surface area is 230 Å². The molecule has 2 aliphatic carbocycles. The van der Waals surface area contributed by atoms with Crippen molar-refractivity contribution in [3.05, 3.63) is 64.6 Å². The minimum absolute atomic E-state index is 0.0942. The Bertz CT molecular complexity index is 1450. The highest BCUT2D eigenvalue weighted by Crippen LogP contribution is 2.55. The van der Waals surface area contributed by atoms with E-state index in [0.717, 1.165) is 28.8 Å². The first kappa shape index (κ1) is 26.7. The topological polar surface area (TPSA) is 93.5 Å². The van der Waals surface area contributed by atoms with Crippen LogP contribution in [0.2, 0.25) is 0 Å². The van der Waals surface area contributed by atoms with E-state index in [1.807, 2.05) is 37.8 Å². The third kappa shape index (κ3) is 5.23. The van der Waals surface area contributed by atoms with E-state index in [0.29, 0.717) is 53.1 Å². The molecule has 1 aromatic carbocycles. The third-order valence-corrected chi connectivity index (χ3v) is 7.37. The average molecular weight is 531 g/mol. The molecule has 0 bridgehead atoms. The van der Waals surface area contributed by atoms with Gasteiger partial charge in [-0.25, -0.2) is 4.98 Å². The number of fused-ring (bicyclic) bond motifs is 3. The van der Waals surface area contributed by atoms with Crippen molar-refractivity contribution in [1.82, 2.24) is 19.4 Å². The zero-order chi connectivity index (χ0) is 28.1. The summed E-state index contributed by atoms with van der Waals surface area (Å²) in [6.45, 7) is 7.20. The van der Waals surface area contributed by atoms with Crippen molar-refractivity contribution >= 4 is 23.3 Å². The molecular weight excluding hydrogens is 492 g/mol. The zero-order valence-electron chi connectivity index (χ0n) is 24.0. The monoisotopic (exact) mass is 530 g/mol. The number of anilines is 2. The van der Waals surface area contributed by atoms with Gasteiger partial charge in [-0.15, -0.1) is 0 Å². The number of nitrogens with zero attached hydrogens (tertiary/aromatic N) is 4. The predicted octanol–water partition coefficient (Wildman–Crippen LogP) is 5.01. The normalized spacial score (nSPS) is 17.7. The predicted molar refractivity (Wildman–Crippen MR) is 153 cm³/mol. The molecule has 1 saturated carbocycles. The number of amides is 1. The second-order valence-corrected chi connectivity index (χ2v) is 11.7. The molecule has 0 radical (unpaired) electrons. The highest BCUT2D eigenvalue weighted by molar-refractivity contribution is 6.05. The fourth-order valence-electron chi connectivity index (χ4n) is 5.28. The molecule has 2 aliphatic rings. The van der Waals surface area contributed by atoms with Gasteiger partial charge < -0.3 is 29.6 Å². The van der Waals surface area contributed by atoms with E-state index in [-0.39, 0.29) is 11.3 Å². The fraction of sp³-hybridized carbons (Fsp3) is 0.433. The van der Waals surface area contributed by atoms with Gasteiger partial charge in [0, 0.05) is 38.5 Å². The van der Waals surface area contributed by atoms with Crippen molar-refractivity contribution in [3.63, 3.8) is 0 Å². The SMILES string of the molecule is CNc1nccc(OC2=CC3CC3c3cc(C(=O)Nc4cc(C(C)(C)C)cc(CN(C)C)c4OC)n(C)c32)n1. The molecule has 2 heterocycles. The van der Waals surface area contributed by atoms with Crippen molar-refractivity contribution < 1.29 is 14.3 Å². The van der Waals surface area contributed by atoms with E-state index >= 15 is 0 Å². The summed E-state index contributed by atoms with van der Waals surface area (Å²) in [6.07, 6.45) is 4.86. The first-order valence-corrected chi connectivity index (χ1v) is 13.3. The second-order valence-electron chi connectivity index (χ2n) is 11.7. The number of benzene rings is 1. The van der Waals surface area contributed by atoms with Gasteiger partial charge in [0.25, 0.3) is 5.91 Å². The molecule has 9 heteroatoms. The molecule has 1 fully saturated rings. The molecule has 5 rings (SSSR count). The van der Waals surface area contributed by atoms with Crippen molar-refractivity contribution in [3.8, 4) is 11.6 Å². The lowest BCUT2D eigenvalue weighted by atomic mass is 9.85. The Morgan fingerprint density at radius 2 is 2.00 bits per heavy atom. The molecule has 9 nitrogen and oxygen atoms in total. The summed E-state index contributed by atoms with van der Waals surface area (Å²) in [5.74, 6) is 2.96. The largest absolute Gasteiger partial charge is 0.494 e. The van der Waals surface area contributed by atoms with E-state index in [1.54, 1.807) is 26.4 Å². The molecule has 206 valence electrons. The maximum Gasteiger partial charge on any atom is 0.272 e. The van der Waals surface area contributed by atoms with Gasteiger partial charge in [-0.1, -0.05) is 26.8 Å². The molecule has 2 N–H and O–H groups in total. The number of aromatic nitrogens is 3. The number of carbonyl (C=O) groups is 1. The lowest BCUT2D eigenvalue weighted by Crippen LogP contribution is -2.20. The van der Waals surface area contributed by atoms with Gasteiger partial charge in [-0.05, 0) is 67.1 Å². The van der Waals surface area contributed by atoms with E-state index in [2.05, 4.69) is 58.4 Å². The summed E-state index contributed by atoms with van der Waals surface area (Å²) in [6, 6.07) is 7.94. The van der Waals surface area contributed by atoms with E-state index in [9.17, 15) is 4.79 Å². The lowest BCUT2D eigenvalue weighted by Gasteiger charge is -2.25. The molecule has 39 heavy (non-hydrogen) atoms. The smallest absolute Gasteiger partial charge is 0.272 e. The minimum atomic E-state index is -0.192. The minimum Gasteiger partial charge on any atom is -0.494 e. The number of hydrogen-bond acceptors (Lipinski definition) is 7. The summed E-state index contributed by atoms with van der Waals surface area (Å²) in [4.78, 5) is 24.5. The van der Waals surface area contributed by atoms with Crippen LogP contribution in [0.3, 0.4) is 0 Å². The molecule has 0 aliphatic heterocycles. The van der Waals surface area contributed by atoms with Gasteiger partial charge in [0.2, 0.25) is 11.8 Å². The van der Waals surface area contributed by atoms with Crippen molar-refractivity contribution in [2.75, 3.05) is 38.9 Å². The van der Waals surface area contributed by atoms with Crippen LogP contribution in [0.1, 0.15) is 66.0 Å².